The zero-order valence-corrected chi connectivity index (χ0v) is 6.41. The molecule has 0 N–H and O–H groups in total. The highest BCUT2D eigenvalue weighted by Crippen LogP contribution is 2.01. The highest BCUT2D eigenvalue weighted by molar-refractivity contribution is 4.97. The fraction of sp³-hybridized carbons (Fsp3) is 0.500. The third kappa shape index (κ3) is 2.13. The molecule has 0 aromatic carbocycles. The van der Waals surface area contributed by atoms with Crippen LogP contribution in [0.25, 0.3) is 0 Å². The van der Waals surface area contributed by atoms with Gasteiger partial charge in [-0.2, -0.15) is 0 Å². The van der Waals surface area contributed by atoms with E-state index in [0.29, 0.717) is 5.92 Å². The first-order chi connectivity index (χ1) is 4.79. The lowest BCUT2D eigenvalue weighted by Gasteiger charge is -2.01. The molecule has 0 saturated heterocycles. The summed E-state index contributed by atoms with van der Waals surface area (Å²) in [5, 5.41) is 0. The Hall–Kier alpha value is -0.920. The van der Waals surface area contributed by atoms with E-state index in [2.05, 4.69) is 23.8 Å². The highest BCUT2D eigenvalue weighted by atomic mass is 14.8. The first-order valence-corrected chi connectivity index (χ1v) is 3.54. The van der Waals surface area contributed by atoms with E-state index < -0.39 is 0 Å². The van der Waals surface area contributed by atoms with Gasteiger partial charge in [-0.1, -0.05) is 13.8 Å². The molecule has 1 aromatic heterocycles. The number of hydrogen-bond donors (Lipinski definition) is 0. The number of nitrogens with zero attached hydrogens (tertiary/aromatic N) is 2. The van der Waals surface area contributed by atoms with E-state index in [4.69, 9.17) is 0 Å². The summed E-state index contributed by atoms with van der Waals surface area (Å²) in [5.41, 5.74) is 1.13. The summed E-state index contributed by atoms with van der Waals surface area (Å²) in [7, 11) is 0. The molecule has 1 heterocycles. The molecule has 0 amide bonds. The van der Waals surface area contributed by atoms with Gasteiger partial charge >= 0.3 is 0 Å². The van der Waals surface area contributed by atoms with Crippen LogP contribution in [0.3, 0.4) is 0 Å². The van der Waals surface area contributed by atoms with E-state index in [1.54, 1.807) is 12.5 Å². The molecule has 2 heteroatoms. The van der Waals surface area contributed by atoms with Gasteiger partial charge in [-0.05, 0) is 18.4 Å². The van der Waals surface area contributed by atoms with Gasteiger partial charge in [-0.15, -0.1) is 0 Å². The van der Waals surface area contributed by atoms with E-state index in [1.165, 1.54) is 0 Å². The van der Waals surface area contributed by atoms with Crippen LogP contribution < -0.4 is 0 Å². The molecule has 10 heavy (non-hydrogen) atoms. The molecule has 0 atom stereocenters. The molecule has 0 aliphatic rings. The van der Waals surface area contributed by atoms with Gasteiger partial charge in [0, 0.05) is 11.9 Å². The van der Waals surface area contributed by atoms with Crippen molar-refractivity contribution in [2.45, 2.75) is 20.3 Å². The molecule has 1 aromatic rings. The van der Waals surface area contributed by atoms with Gasteiger partial charge in [0.2, 0.25) is 0 Å². The average molecular weight is 136 g/mol. The summed E-state index contributed by atoms with van der Waals surface area (Å²) >= 11 is 0. The Labute approximate surface area is 61.3 Å². The van der Waals surface area contributed by atoms with Crippen LogP contribution in [0.15, 0.2) is 18.6 Å². The molecule has 0 unspecified atom stereocenters. The number of rotatable bonds is 2. The predicted octanol–water partition coefficient (Wildman–Crippen LogP) is 1.68. The number of aromatic nitrogens is 2. The van der Waals surface area contributed by atoms with E-state index in [-0.39, 0.29) is 0 Å². The van der Waals surface area contributed by atoms with Crippen molar-refractivity contribution in [3.05, 3.63) is 24.3 Å². The van der Waals surface area contributed by atoms with E-state index >= 15 is 0 Å². The minimum atomic E-state index is 0.676. The molecule has 0 bridgehead atoms. The molecule has 0 saturated carbocycles. The zero-order valence-electron chi connectivity index (χ0n) is 6.41. The Morgan fingerprint density at radius 1 is 1.50 bits per heavy atom. The minimum absolute atomic E-state index is 0.676. The molecule has 2 nitrogen and oxygen atoms in total. The summed E-state index contributed by atoms with van der Waals surface area (Å²) in [5.74, 6) is 0.676. The summed E-state index contributed by atoms with van der Waals surface area (Å²) in [6.45, 7) is 4.37. The highest BCUT2D eigenvalue weighted by Gasteiger charge is 1.96. The largest absolute Gasteiger partial charge is 0.245 e. The normalized spacial score (nSPS) is 10.3. The minimum Gasteiger partial charge on any atom is -0.245 e. The van der Waals surface area contributed by atoms with Crippen LogP contribution in [-0.4, -0.2) is 9.97 Å². The standard InChI is InChI=1S/C8H12N2/c1-7(2)5-8-3-4-9-6-10-8/h3-4,6-7H,5H2,1-2H3. The van der Waals surface area contributed by atoms with Crippen molar-refractivity contribution in [1.82, 2.24) is 9.97 Å². The van der Waals surface area contributed by atoms with Crippen molar-refractivity contribution < 1.29 is 0 Å². The Bertz CT molecular complexity index is 182. The molecular formula is C8H12N2. The summed E-state index contributed by atoms with van der Waals surface area (Å²) in [4.78, 5) is 7.95. The fourth-order valence-corrected chi connectivity index (χ4v) is 0.857. The summed E-state index contributed by atoms with van der Waals surface area (Å²) in [6.07, 6.45) is 4.42. The zero-order chi connectivity index (χ0) is 7.40. The maximum absolute atomic E-state index is 4.11. The second kappa shape index (κ2) is 3.30. The van der Waals surface area contributed by atoms with Crippen LogP contribution >= 0.6 is 0 Å². The second-order valence-corrected chi connectivity index (χ2v) is 2.80. The van der Waals surface area contributed by atoms with E-state index in [1.807, 2.05) is 6.07 Å². The maximum Gasteiger partial charge on any atom is 0.115 e. The fourth-order valence-electron chi connectivity index (χ4n) is 0.857. The topological polar surface area (TPSA) is 25.8 Å². The quantitative estimate of drug-likeness (QED) is 0.618. The van der Waals surface area contributed by atoms with Gasteiger partial charge in [0.25, 0.3) is 0 Å². The molecule has 0 aliphatic heterocycles. The van der Waals surface area contributed by atoms with Gasteiger partial charge in [-0.3, -0.25) is 0 Å². The lowest BCUT2D eigenvalue weighted by molar-refractivity contribution is 0.634. The average Bonchev–Trinajstić information content (AvgIpc) is 1.88. The van der Waals surface area contributed by atoms with Crippen LogP contribution in [0.1, 0.15) is 19.5 Å². The lowest BCUT2D eigenvalue weighted by Crippen LogP contribution is -1.96. The SMILES string of the molecule is CC(C)Cc1ccncn1. The molecule has 1 rings (SSSR count). The van der Waals surface area contributed by atoms with Crippen LogP contribution in [0, 0.1) is 5.92 Å². The predicted molar refractivity (Wildman–Crippen MR) is 40.6 cm³/mol. The molecule has 0 spiro atoms. The van der Waals surface area contributed by atoms with Gasteiger partial charge in [0.05, 0.1) is 0 Å². The molecule has 0 fully saturated rings. The first-order valence-electron chi connectivity index (χ1n) is 3.54. The Kier molecular flexibility index (Phi) is 2.37. The van der Waals surface area contributed by atoms with Crippen molar-refractivity contribution in [3.8, 4) is 0 Å². The van der Waals surface area contributed by atoms with Crippen LogP contribution in [0.5, 0.6) is 0 Å². The molecule has 54 valence electrons. The smallest absolute Gasteiger partial charge is 0.115 e. The van der Waals surface area contributed by atoms with Crippen molar-refractivity contribution in [1.29, 1.82) is 0 Å². The van der Waals surface area contributed by atoms with Crippen LogP contribution in [0.2, 0.25) is 0 Å². The van der Waals surface area contributed by atoms with Crippen molar-refractivity contribution in [3.63, 3.8) is 0 Å². The first kappa shape index (κ1) is 7.19. The summed E-state index contributed by atoms with van der Waals surface area (Å²) in [6, 6.07) is 1.96. The maximum atomic E-state index is 4.11. The Balaban J connectivity index is 2.59. The van der Waals surface area contributed by atoms with Gasteiger partial charge < -0.3 is 0 Å². The monoisotopic (exact) mass is 136 g/mol. The van der Waals surface area contributed by atoms with Crippen molar-refractivity contribution in [2.24, 2.45) is 5.92 Å². The third-order valence-electron chi connectivity index (χ3n) is 1.26. The summed E-state index contributed by atoms with van der Waals surface area (Å²) < 4.78 is 0. The van der Waals surface area contributed by atoms with Gasteiger partial charge in [-0.25, -0.2) is 9.97 Å². The third-order valence-corrected chi connectivity index (χ3v) is 1.26. The van der Waals surface area contributed by atoms with Gasteiger partial charge in [0.15, 0.2) is 0 Å². The van der Waals surface area contributed by atoms with Crippen LogP contribution in [-0.2, 0) is 6.42 Å². The number of hydrogen-bond acceptors (Lipinski definition) is 2. The Morgan fingerprint density at radius 2 is 2.30 bits per heavy atom. The van der Waals surface area contributed by atoms with Crippen molar-refractivity contribution >= 4 is 0 Å². The Morgan fingerprint density at radius 3 is 2.80 bits per heavy atom. The lowest BCUT2D eigenvalue weighted by atomic mass is 10.1. The second-order valence-electron chi connectivity index (χ2n) is 2.80. The van der Waals surface area contributed by atoms with Crippen LogP contribution in [0.4, 0.5) is 0 Å². The molecule has 0 aliphatic carbocycles. The van der Waals surface area contributed by atoms with E-state index in [9.17, 15) is 0 Å². The molecular weight excluding hydrogens is 124 g/mol. The van der Waals surface area contributed by atoms with Crippen molar-refractivity contribution in [2.75, 3.05) is 0 Å². The molecule has 0 radical (unpaired) electrons. The van der Waals surface area contributed by atoms with E-state index in [0.717, 1.165) is 12.1 Å². The van der Waals surface area contributed by atoms with Gasteiger partial charge in [0.1, 0.15) is 6.33 Å².